The average Bonchev–Trinajstić information content (AvgIpc) is 2.26. The molecule has 0 heterocycles. The van der Waals surface area contributed by atoms with E-state index in [1.807, 2.05) is 20.8 Å². The zero-order valence-electron chi connectivity index (χ0n) is 10.7. The molecule has 0 radical (unpaired) electrons. The molecule has 3 unspecified atom stereocenters. The molecule has 0 fully saturated rings. The highest BCUT2D eigenvalue weighted by Crippen LogP contribution is 2.04. The molecule has 0 saturated heterocycles. The summed E-state index contributed by atoms with van der Waals surface area (Å²) < 4.78 is 11.8. The number of carbonyl (C=O) groups excluding carboxylic acids is 1. The first-order valence-corrected chi connectivity index (χ1v) is 7.23. The van der Waals surface area contributed by atoms with Crippen LogP contribution in [0.5, 0.6) is 0 Å². The van der Waals surface area contributed by atoms with Crippen LogP contribution < -0.4 is 5.73 Å². The molecule has 0 rings (SSSR count). The Morgan fingerprint density at radius 3 is 2.19 bits per heavy atom. The number of hydrogen-bond acceptors (Lipinski definition) is 3. The molecule has 0 spiro atoms. The first-order valence-electron chi connectivity index (χ1n) is 5.85. The molecule has 96 valence electrons. The minimum Gasteiger partial charge on any atom is -0.342 e. The molecule has 0 aliphatic rings. The summed E-state index contributed by atoms with van der Waals surface area (Å²) in [6.45, 7) is 8.82. The Hall–Kier alpha value is -0.420. The van der Waals surface area contributed by atoms with Crippen LogP contribution in [0.1, 0.15) is 34.1 Å². The summed E-state index contributed by atoms with van der Waals surface area (Å²) in [5.74, 6) is 0.485. The molecule has 0 saturated carbocycles. The summed E-state index contributed by atoms with van der Waals surface area (Å²) >= 11 is 0. The van der Waals surface area contributed by atoms with E-state index in [4.69, 9.17) is 5.73 Å². The quantitative estimate of drug-likeness (QED) is 0.722. The van der Waals surface area contributed by atoms with Crippen molar-refractivity contribution in [2.75, 3.05) is 18.8 Å². The second-order valence-corrected chi connectivity index (χ2v) is 5.88. The van der Waals surface area contributed by atoms with E-state index in [2.05, 4.69) is 0 Å². The van der Waals surface area contributed by atoms with Crippen LogP contribution >= 0.6 is 0 Å². The molecule has 0 aromatic heterocycles. The molecule has 0 aliphatic heterocycles. The third kappa shape index (κ3) is 5.07. The lowest BCUT2D eigenvalue weighted by Crippen LogP contribution is -2.40. The van der Waals surface area contributed by atoms with Gasteiger partial charge in [-0.3, -0.25) is 9.00 Å². The maximum atomic E-state index is 11.9. The number of nitrogens with two attached hydrogens (primary N) is 1. The van der Waals surface area contributed by atoms with Crippen molar-refractivity contribution in [1.82, 2.24) is 4.90 Å². The van der Waals surface area contributed by atoms with Gasteiger partial charge in [0.25, 0.3) is 0 Å². The van der Waals surface area contributed by atoms with Gasteiger partial charge in [-0.1, -0.05) is 0 Å². The van der Waals surface area contributed by atoms with E-state index < -0.39 is 16.0 Å². The van der Waals surface area contributed by atoms with Crippen LogP contribution in [-0.2, 0) is 15.6 Å². The summed E-state index contributed by atoms with van der Waals surface area (Å²) in [5.41, 5.74) is 5.60. The fraction of sp³-hybridized carbons (Fsp3) is 0.909. The van der Waals surface area contributed by atoms with Crippen LogP contribution in [0.4, 0.5) is 0 Å². The Morgan fingerprint density at radius 1 is 1.31 bits per heavy atom. The summed E-state index contributed by atoms with van der Waals surface area (Å²) in [4.78, 5) is 13.6. The van der Waals surface area contributed by atoms with Gasteiger partial charge in [0.2, 0.25) is 5.91 Å². The van der Waals surface area contributed by atoms with Crippen molar-refractivity contribution in [3.05, 3.63) is 0 Å². The molecule has 5 heteroatoms. The van der Waals surface area contributed by atoms with Gasteiger partial charge in [0.15, 0.2) is 0 Å². The molecule has 0 bridgehead atoms. The number of hydrogen-bond donors (Lipinski definition) is 1. The summed E-state index contributed by atoms with van der Waals surface area (Å²) in [7, 11) is -1.11. The van der Waals surface area contributed by atoms with Crippen LogP contribution in [0.25, 0.3) is 0 Å². The monoisotopic (exact) mass is 248 g/mol. The molecule has 4 nitrogen and oxygen atoms in total. The second kappa shape index (κ2) is 7.79. The van der Waals surface area contributed by atoms with Crippen molar-refractivity contribution in [1.29, 1.82) is 0 Å². The van der Waals surface area contributed by atoms with E-state index >= 15 is 0 Å². The maximum absolute atomic E-state index is 11.9. The Kier molecular flexibility index (Phi) is 7.58. The minimum absolute atomic E-state index is 0.0204. The van der Waals surface area contributed by atoms with Crippen molar-refractivity contribution < 1.29 is 9.00 Å². The fourth-order valence-electron chi connectivity index (χ4n) is 1.38. The van der Waals surface area contributed by atoms with Crippen LogP contribution in [0.3, 0.4) is 0 Å². The van der Waals surface area contributed by atoms with Gasteiger partial charge in [-0.2, -0.15) is 0 Å². The van der Waals surface area contributed by atoms with Crippen molar-refractivity contribution in [3.8, 4) is 0 Å². The molecule has 0 aromatic carbocycles. The van der Waals surface area contributed by atoms with Crippen LogP contribution in [-0.4, -0.2) is 45.2 Å². The van der Waals surface area contributed by atoms with E-state index in [1.165, 1.54) is 0 Å². The number of nitrogens with zero attached hydrogens (tertiary/aromatic N) is 1. The van der Waals surface area contributed by atoms with E-state index in [0.29, 0.717) is 25.3 Å². The molecule has 16 heavy (non-hydrogen) atoms. The summed E-state index contributed by atoms with van der Waals surface area (Å²) in [6, 6.07) is 0.0414. The van der Waals surface area contributed by atoms with E-state index in [1.54, 1.807) is 11.8 Å². The summed E-state index contributed by atoms with van der Waals surface area (Å²) in [6.07, 6.45) is 0.697. The third-order valence-electron chi connectivity index (χ3n) is 2.59. The SMILES string of the molecule is CCN(CC)C(=O)C(C)S(=O)CCC(C)N. The van der Waals surface area contributed by atoms with Crippen LogP contribution in [0.15, 0.2) is 0 Å². The Morgan fingerprint density at radius 2 is 1.81 bits per heavy atom. The molecular weight excluding hydrogens is 224 g/mol. The lowest BCUT2D eigenvalue weighted by molar-refractivity contribution is -0.129. The number of amides is 1. The zero-order chi connectivity index (χ0) is 12.7. The molecule has 3 atom stereocenters. The largest absolute Gasteiger partial charge is 0.342 e. The van der Waals surface area contributed by atoms with Gasteiger partial charge >= 0.3 is 0 Å². The molecule has 0 aromatic rings. The van der Waals surface area contributed by atoms with Crippen molar-refractivity contribution >= 4 is 16.7 Å². The van der Waals surface area contributed by atoms with Crippen molar-refractivity contribution in [2.45, 2.75) is 45.4 Å². The zero-order valence-corrected chi connectivity index (χ0v) is 11.5. The van der Waals surface area contributed by atoms with E-state index in [-0.39, 0.29) is 11.9 Å². The van der Waals surface area contributed by atoms with Gasteiger partial charge in [0.05, 0.1) is 0 Å². The lowest BCUT2D eigenvalue weighted by atomic mass is 10.3. The Labute approximate surface area is 101 Å². The van der Waals surface area contributed by atoms with Gasteiger partial charge < -0.3 is 10.6 Å². The minimum atomic E-state index is -1.11. The Bertz CT molecular complexity index is 240. The normalized spacial score (nSPS) is 16.6. The van der Waals surface area contributed by atoms with Gasteiger partial charge in [-0.15, -0.1) is 0 Å². The lowest BCUT2D eigenvalue weighted by Gasteiger charge is -2.22. The van der Waals surface area contributed by atoms with Gasteiger partial charge in [-0.05, 0) is 34.1 Å². The van der Waals surface area contributed by atoms with E-state index in [0.717, 1.165) is 0 Å². The topological polar surface area (TPSA) is 63.4 Å². The van der Waals surface area contributed by atoms with Crippen LogP contribution in [0, 0.1) is 0 Å². The second-order valence-electron chi connectivity index (χ2n) is 4.00. The number of rotatable bonds is 7. The molecule has 0 aliphatic carbocycles. The molecule has 1 amide bonds. The molecule has 2 N–H and O–H groups in total. The van der Waals surface area contributed by atoms with Crippen molar-refractivity contribution in [2.24, 2.45) is 5.73 Å². The van der Waals surface area contributed by atoms with Crippen molar-refractivity contribution in [3.63, 3.8) is 0 Å². The van der Waals surface area contributed by atoms with Crippen LogP contribution in [0.2, 0.25) is 0 Å². The first-order chi connectivity index (χ1) is 7.43. The summed E-state index contributed by atoms with van der Waals surface area (Å²) in [5, 5.41) is -0.418. The maximum Gasteiger partial charge on any atom is 0.238 e. The molecular formula is C11H24N2O2S. The highest BCUT2D eigenvalue weighted by molar-refractivity contribution is 7.86. The first kappa shape index (κ1) is 15.6. The average molecular weight is 248 g/mol. The highest BCUT2D eigenvalue weighted by Gasteiger charge is 2.23. The van der Waals surface area contributed by atoms with Gasteiger partial charge in [0, 0.05) is 35.7 Å². The number of carbonyl (C=O) groups is 1. The van der Waals surface area contributed by atoms with E-state index in [9.17, 15) is 9.00 Å². The highest BCUT2D eigenvalue weighted by atomic mass is 32.2. The predicted octanol–water partition coefficient (Wildman–Crippen LogP) is 0.729. The third-order valence-corrected chi connectivity index (χ3v) is 4.22. The smallest absolute Gasteiger partial charge is 0.238 e. The van der Waals surface area contributed by atoms with Gasteiger partial charge in [0.1, 0.15) is 5.25 Å². The Balaban J connectivity index is 4.26. The fourth-order valence-corrected chi connectivity index (χ4v) is 2.72. The predicted molar refractivity (Wildman–Crippen MR) is 68.7 cm³/mol. The van der Waals surface area contributed by atoms with Gasteiger partial charge in [-0.25, -0.2) is 0 Å². The standard InChI is InChI=1S/C11H24N2O2S/c1-5-13(6-2)11(14)10(4)16(15)8-7-9(3)12/h9-10H,5-8,12H2,1-4H3.